The van der Waals surface area contributed by atoms with Gasteiger partial charge in [0, 0.05) is 19.4 Å². The number of esters is 1. The Morgan fingerprint density at radius 1 is 0.906 bits per heavy atom. The van der Waals surface area contributed by atoms with Crippen molar-refractivity contribution in [1.29, 1.82) is 0 Å². The van der Waals surface area contributed by atoms with E-state index in [1.807, 2.05) is 4.90 Å². The monoisotopic (exact) mass is 451 g/mol. The number of likely N-dealkylation sites (tertiary alicyclic amines) is 2. The fraction of sp³-hybridized carbons (Fsp3) is 0.926. The number of nitrogens with zero attached hydrogens (tertiary/aromatic N) is 2. The number of hydrogen-bond donors (Lipinski definition) is 0. The molecule has 0 aromatic heterocycles. The third kappa shape index (κ3) is 11.2. The number of likely N-dealkylation sites (N-methyl/N-ethyl adjacent to an activating group) is 1. The molecule has 0 aliphatic carbocycles. The van der Waals surface area contributed by atoms with Crippen molar-refractivity contribution >= 4 is 11.9 Å². The number of carbonyl (C=O) groups excluding carboxylic acids is 2. The zero-order valence-electron chi connectivity index (χ0n) is 21.3. The summed E-state index contributed by atoms with van der Waals surface area (Å²) >= 11 is 0. The van der Waals surface area contributed by atoms with E-state index in [1.54, 1.807) is 0 Å². The third-order valence-electron chi connectivity index (χ3n) is 7.42. The van der Waals surface area contributed by atoms with Gasteiger partial charge in [0.1, 0.15) is 6.54 Å². The van der Waals surface area contributed by atoms with Crippen molar-refractivity contribution in [1.82, 2.24) is 4.90 Å². The first-order chi connectivity index (χ1) is 15.5. The van der Waals surface area contributed by atoms with Gasteiger partial charge in [0.05, 0.1) is 26.7 Å². The molecule has 0 aromatic rings. The average molecular weight is 452 g/mol. The quantitative estimate of drug-likeness (QED) is 0.168. The van der Waals surface area contributed by atoms with Gasteiger partial charge in [0.25, 0.3) is 0 Å². The first kappa shape index (κ1) is 27.1. The molecule has 1 atom stereocenters. The molecule has 0 radical (unpaired) electrons. The lowest BCUT2D eigenvalue weighted by Gasteiger charge is -2.37. The van der Waals surface area contributed by atoms with Gasteiger partial charge >= 0.3 is 5.97 Å². The van der Waals surface area contributed by atoms with Crippen LogP contribution in [-0.2, 0) is 14.3 Å². The number of unbranched alkanes of at least 4 members (excludes halogenated alkanes) is 9. The normalized spacial score (nSPS) is 19.7. The maximum absolute atomic E-state index is 12.6. The number of ether oxygens (including phenoxy) is 1. The lowest BCUT2D eigenvalue weighted by atomic mass is 10.1. The second-order valence-corrected chi connectivity index (χ2v) is 10.7. The average Bonchev–Trinajstić information content (AvgIpc) is 3.03. The van der Waals surface area contributed by atoms with Crippen molar-refractivity contribution in [2.45, 2.75) is 122 Å². The SMILES string of the molecule is CCCCCCCCCCCCC(=O)OC(CN1CCCC1=O)C[N+]1(C)CCCCCC1. The summed E-state index contributed by atoms with van der Waals surface area (Å²) in [6.45, 7) is 6.80. The minimum atomic E-state index is -0.171. The van der Waals surface area contributed by atoms with Crippen molar-refractivity contribution in [3.05, 3.63) is 0 Å². The summed E-state index contributed by atoms with van der Waals surface area (Å²) in [5.41, 5.74) is 0. The van der Waals surface area contributed by atoms with E-state index in [0.29, 0.717) is 19.4 Å². The summed E-state index contributed by atoms with van der Waals surface area (Å²) in [4.78, 5) is 26.7. The molecule has 32 heavy (non-hydrogen) atoms. The van der Waals surface area contributed by atoms with Crippen molar-refractivity contribution in [3.63, 3.8) is 0 Å². The highest BCUT2D eigenvalue weighted by Crippen LogP contribution is 2.20. The molecule has 186 valence electrons. The second kappa shape index (κ2) is 15.7. The van der Waals surface area contributed by atoms with Crippen LogP contribution >= 0.6 is 0 Å². The summed E-state index contributed by atoms with van der Waals surface area (Å²) < 4.78 is 6.97. The Balaban J connectivity index is 1.69. The molecule has 1 amide bonds. The number of hydrogen-bond acceptors (Lipinski definition) is 3. The molecule has 0 N–H and O–H groups in total. The molecular weight excluding hydrogens is 400 g/mol. The van der Waals surface area contributed by atoms with Crippen LogP contribution in [0.15, 0.2) is 0 Å². The first-order valence-corrected chi connectivity index (χ1v) is 13.8. The molecule has 2 aliphatic heterocycles. The van der Waals surface area contributed by atoms with E-state index in [-0.39, 0.29) is 18.0 Å². The molecule has 2 rings (SSSR count). The molecule has 5 heteroatoms. The maximum Gasteiger partial charge on any atom is 0.306 e. The third-order valence-corrected chi connectivity index (χ3v) is 7.42. The van der Waals surface area contributed by atoms with Crippen molar-refractivity contribution < 1.29 is 18.8 Å². The molecule has 2 aliphatic rings. The van der Waals surface area contributed by atoms with E-state index in [0.717, 1.165) is 49.9 Å². The van der Waals surface area contributed by atoms with E-state index in [1.165, 1.54) is 77.0 Å². The summed E-state index contributed by atoms with van der Waals surface area (Å²) in [7, 11) is 2.31. The molecule has 2 saturated heterocycles. The van der Waals surface area contributed by atoms with Crippen LogP contribution in [0.25, 0.3) is 0 Å². The molecule has 0 bridgehead atoms. The van der Waals surface area contributed by atoms with Gasteiger partial charge in [0.2, 0.25) is 5.91 Å². The molecule has 0 saturated carbocycles. The van der Waals surface area contributed by atoms with Gasteiger partial charge in [-0.2, -0.15) is 0 Å². The minimum absolute atomic E-state index is 0.0670. The van der Waals surface area contributed by atoms with Crippen LogP contribution in [0.2, 0.25) is 0 Å². The van der Waals surface area contributed by atoms with Crippen LogP contribution in [-0.4, -0.2) is 67.1 Å². The van der Waals surface area contributed by atoms with Gasteiger partial charge in [-0.25, -0.2) is 0 Å². The fourth-order valence-electron chi connectivity index (χ4n) is 5.40. The number of rotatable bonds is 16. The molecule has 2 heterocycles. The Morgan fingerprint density at radius 3 is 2.06 bits per heavy atom. The summed E-state index contributed by atoms with van der Waals surface area (Å²) in [5, 5.41) is 0. The molecule has 0 spiro atoms. The van der Waals surface area contributed by atoms with E-state index in [9.17, 15) is 9.59 Å². The summed E-state index contributed by atoms with van der Waals surface area (Å²) in [6.07, 6.45) is 19.7. The van der Waals surface area contributed by atoms with Crippen LogP contribution in [0.3, 0.4) is 0 Å². The largest absolute Gasteiger partial charge is 0.454 e. The van der Waals surface area contributed by atoms with E-state index in [2.05, 4.69) is 14.0 Å². The van der Waals surface area contributed by atoms with Crippen molar-refractivity contribution in [2.75, 3.05) is 39.8 Å². The van der Waals surface area contributed by atoms with Crippen LogP contribution in [0.1, 0.15) is 116 Å². The van der Waals surface area contributed by atoms with Gasteiger partial charge in [-0.15, -0.1) is 0 Å². The lowest BCUT2D eigenvalue weighted by Crippen LogP contribution is -2.53. The van der Waals surface area contributed by atoms with Gasteiger partial charge in [-0.05, 0) is 38.5 Å². The van der Waals surface area contributed by atoms with E-state index < -0.39 is 0 Å². The van der Waals surface area contributed by atoms with Gasteiger partial charge < -0.3 is 14.1 Å². The molecule has 2 fully saturated rings. The highest BCUT2D eigenvalue weighted by atomic mass is 16.5. The number of carbonyl (C=O) groups is 2. The summed E-state index contributed by atoms with van der Waals surface area (Å²) in [6, 6.07) is 0. The van der Waals surface area contributed by atoms with Gasteiger partial charge in [-0.3, -0.25) is 9.59 Å². The minimum Gasteiger partial charge on any atom is -0.454 e. The fourth-order valence-corrected chi connectivity index (χ4v) is 5.40. The Kier molecular flexibility index (Phi) is 13.3. The van der Waals surface area contributed by atoms with Crippen LogP contribution in [0.5, 0.6) is 0 Å². The van der Waals surface area contributed by atoms with E-state index in [4.69, 9.17) is 4.74 Å². The Labute approximate surface area is 197 Å². The Hall–Kier alpha value is -1.10. The highest BCUT2D eigenvalue weighted by Gasteiger charge is 2.33. The smallest absolute Gasteiger partial charge is 0.306 e. The predicted octanol–water partition coefficient (Wildman–Crippen LogP) is 5.85. The molecule has 0 aromatic carbocycles. The molecule has 1 unspecified atom stereocenters. The molecule has 5 nitrogen and oxygen atoms in total. The van der Waals surface area contributed by atoms with Crippen LogP contribution < -0.4 is 0 Å². The van der Waals surface area contributed by atoms with Crippen molar-refractivity contribution in [2.24, 2.45) is 0 Å². The summed E-state index contributed by atoms with van der Waals surface area (Å²) in [5.74, 6) is 0.155. The van der Waals surface area contributed by atoms with Gasteiger partial charge in [-0.1, -0.05) is 64.7 Å². The second-order valence-electron chi connectivity index (χ2n) is 10.7. The van der Waals surface area contributed by atoms with Crippen LogP contribution in [0.4, 0.5) is 0 Å². The van der Waals surface area contributed by atoms with Gasteiger partial charge in [0.15, 0.2) is 6.10 Å². The molecular formula is C27H51N2O3+. The topological polar surface area (TPSA) is 46.6 Å². The lowest BCUT2D eigenvalue weighted by molar-refractivity contribution is -0.911. The van der Waals surface area contributed by atoms with Crippen LogP contribution in [0, 0.1) is 0 Å². The number of quaternary nitrogens is 1. The zero-order chi connectivity index (χ0) is 23.1. The van der Waals surface area contributed by atoms with Crippen molar-refractivity contribution in [3.8, 4) is 0 Å². The zero-order valence-corrected chi connectivity index (χ0v) is 21.3. The Bertz CT molecular complexity index is 529. The van der Waals surface area contributed by atoms with E-state index >= 15 is 0 Å². The Morgan fingerprint density at radius 2 is 1.50 bits per heavy atom. The standard InChI is InChI=1S/C27H51N2O3/c1-3-4-5-6-7-8-9-10-11-14-19-27(31)32-25(23-28-20-17-18-26(28)30)24-29(2)21-15-12-13-16-22-29/h25H,3-24H2,1-2H3/q+1. The number of amides is 1. The highest BCUT2D eigenvalue weighted by molar-refractivity contribution is 5.78. The predicted molar refractivity (Wildman–Crippen MR) is 131 cm³/mol. The first-order valence-electron chi connectivity index (χ1n) is 13.8. The maximum atomic E-state index is 12.6.